The number of carbonyl (C=O) groups is 1. The Morgan fingerprint density at radius 3 is 2.56 bits per heavy atom. The van der Waals surface area contributed by atoms with Crippen LogP contribution in [0.25, 0.3) is 0 Å². The van der Waals surface area contributed by atoms with Gasteiger partial charge in [-0.1, -0.05) is 0 Å². The van der Waals surface area contributed by atoms with Crippen LogP contribution in [0.2, 0.25) is 0 Å². The summed E-state index contributed by atoms with van der Waals surface area (Å²) in [6.07, 6.45) is 0. The molecule has 0 atom stereocenters. The summed E-state index contributed by atoms with van der Waals surface area (Å²) in [6.45, 7) is 2.87. The van der Waals surface area contributed by atoms with Crippen molar-refractivity contribution in [3.8, 4) is 0 Å². The lowest BCUT2D eigenvalue weighted by atomic mass is 10.3. The maximum atomic E-state index is 10.5. The molecule has 1 aromatic heterocycles. The number of aliphatic imine (C=N–C) groups is 1. The van der Waals surface area contributed by atoms with Crippen molar-refractivity contribution >= 4 is 17.5 Å². The average molecular weight is 227 g/mol. The minimum atomic E-state index is -1.40. The van der Waals surface area contributed by atoms with Crippen molar-refractivity contribution in [1.29, 1.82) is 0 Å². The Balaban J connectivity index is 3.31. The van der Waals surface area contributed by atoms with Crippen molar-refractivity contribution in [1.82, 2.24) is 9.89 Å². The van der Waals surface area contributed by atoms with Crippen LogP contribution in [0, 0.1) is 24.0 Å². The number of carboxylic acid groups (broad SMARTS) is 1. The Morgan fingerprint density at radius 1 is 1.62 bits per heavy atom. The van der Waals surface area contributed by atoms with Crippen LogP contribution < -0.4 is 5.73 Å². The van der Waals surface area contributed by atoms with Crippen LogP contribution in [0.5, 0.6) is 0 Å². The molecule has 16 heavy (non-hydrogen) atoms. The first-order chi connectivity index (χ1) is 7.34. The van der Waals surface area contributed by atoms with Crippen LogP contribution in [0.1, 0.15) is 11.4 Å². The fraction of sp³-hybridized carbons (Fsp3) is 0.286. The third kappa shape index (κ3) is 1.97. The smallest absolute Gasteiger partial charge is 0.371 e. The van der Waals surface area contributed by atoms with Gasteiger partial charge in [0.05, 0.1) is 5.03 Å². The molecule has 0 radical (unpaired) electrons. The van der Waals surface area contributed by atoms with Gasteiger partial charge >= 0.3 is 5.97 Å². The molecule has 0 bridgehead atoms. The zero-order valence-corrected chi connectivity index (χ0v) is 8.54. The molecule has 0 fully saturated rings. The van der Waals surface area contributed by atoms with E-state index in [1.807, 2.05) is 0 Å². The number of rotatable bonds is 2. The summed E-state index contributed by atoms with van der Waals surface area (Å²) in [5.41, 5.74) is 5.56. The highest BCUT2D eigenvalue weighted by molar-refractivity contribution is 6.34. The van der Waals surface area contributed by atoms with Gasteiger partial charge < -0.3 is 21.0 Å². The van der Waals surface area contributed by atoms with Gasteiger partial charge in [-0.3, -0.25) is 0 Å². The van der Waals surface area contributed by atoms with Crippen LogP contribution >= 0.6 is 0 Å². The second-order valence-electron chi connectivity index (χ2n) is 2.95. The van der Waals surface area contributed by atoms with Gasteiger partial charge in [-0.05, 0) is 6.92 Å². The topological polar surface area (TPSA) is 137 Å². The summed E-state index contributed by atoms with van der Waals surface area (Å²) >= 11 is 0. The summed E-state index contributed by atoms with van der Waals surface area (Å²) < 4.78 is 0. The first-order valence-electron chi connectivity index (χ1n) is 4.13. The fourth-order valence-corrected chi connectivity index (χ4v) is 1.11. The maximum Gasteiger partial charge on any atom is 0.371 e. The predicted octanol–water partition coefficient (Wildman–Crippen LogP) is -0.387. The number of hydrogen-bond donors (Lipinski definition) is 2. The van der Waals surface area contributed by atoms with Crippen molar-refractivity contribution in [3.63, 3.8) is 0 Å². The third-order valence-electron chi connectivity index (χ3n) is 1.84. The van der Waals surface area contributed by atoms with Crippen LogP contribution in [0.4, 0.5) is 5.69 Å². The van der Waals surface area contributed by atoms with Gasteiger partial charge in [-0.15, -0.1) is 0 Å². The molecule has 0 saturated heterocycles. The van der Waals surface area contributed by atoms with E-state index >= 15 is 0 Å². The fourth-order valence-electron chi connectivity index (χ4n) is 1.11. The molecule has 9 heteroatoms. The predicted molar refractivity (Wildman–Crippen MR) is 53.0 cm³/mol. The molecule has 86 valence electrons. The Morgan fingerprint density at radius 2 is 2.19 bits per heavy atom. The molecule has 9 nitrogen and oxygen atoms in total. The first-order valence-corrected chi connectivity index (χ1v) is 4.13. The summed E-state index contributed by atoms with van der Waals surface area (Å²) in [5.74, 6) is -2.04. The van der Waals surface area contributed by atoms with Crippen LogP contribution in [-0.4, -0.2) is 31.8 Å². The van der Waals surface area contributed by atoms with Crippen molar-refractivity contribution in [2.45, 2.75) is 13.8 Å². The largest absolute Gasteiger partial charge is 0.475 e. The Kier molecular flexibility index (Phi) is 2.88. The quantitative estimate of drug-likeness (QED) is 0.305. The van der Waals surface area contributed by atoms with Gasteiger partial charge in [-0.2, -0.15) is 0 Å². The number of aliphatic carboxylic acids is 1. The third-order valence-corrected chi connectivity index (χ3v) is 1.84. The number of aromatic nitrogens is 2. The molecule has 1 heterocycles. The number of nitrogens with two attached hydrogens (primary N) is 1. The molecule has 0 spiro atoms. The van der Waals surface area contributed by atoms with Gasteiger partial charge in [0.15, 0.2) is 0 Å². The lowest BCUT2D eigenvalue weighted by molar-refractivity contribution is -0.554. The molecule has 0 aliphatic carbocycles. The van der Waals surface area contributed by atoms with Gasteiger partial charge in [0.25, 0.3) is 0 Å². The van der Waals surface area contributed by atoms with Crippen LogP contribution in [-0.2, 0) is 4.79 Å². The zero-order chi connectivity index (χ0) is 12.5. The lowest BCUT2D eigenvalue weighted by Crippen LogP contribution is -2.22. The summed E-state index contributed by atoms with van der Waals surface area (Å²) in [5, 5.41) is 21.9. The van der Waals surface area contributed by atoms with Crippen molar-refractivity contribution in [2.24, 2.45) is 10.7 Å². The highest BCUT2D eigenvalue weighted by atomic mass is 16.7. The molecule has 0 amide bonds. The molecule has 3 N–H and O–H groups in total. The van der Waals surface area contributed by atoms with Crippen LogP contribution in [0.3, 0.4) is 0 Å². The summed E-state index contributed by atoms with van der Waals surface area (Å²) in [7, 11) is 0. The Bertz CT molecular complexity index is 489. The Hall–Kier alpha value is -2.45. The normalized spacial score (nSPS) is 11.5. The molecule has 0 aromatic carbocycles. The highest BCUT2D eigenvalue weighted by Gasteiger charge is 2.21. The molecule has 0 saturated carbocycles. The first kappa shape index (κ1) is 11.6. The van der Waals surface area contributed by atoms with Crippen molar-refractivity contribution in [2.75, 3.05) is 0 Å². The Labute approximate surface area is 89.3 Å². The maximum absolute atomic E-state index is 10.5. The molecular weight excluding hydrogens is 218 g/mol. The zero-order valence-electron chi connectivity index (χ0n) is 8.54. The average Bonchev–Trinajstić information content (AvgIpc) is 2.45. The van der Waals surface area contributed by atoms with E-state index in [9.17, 15) is 14.9 Å². The molecule has 1 rings (SSSR count). The molecular formula is C7H9N5O4. The molecule has 0 unspecified atom stereocenters. The minimum absolute atomic E-state index is 0.0941. The second-order valence-corrected chi connectivity index (χ2v) is 2.95. The van der Waals surface area contributed by atoms with E-state index in [2.05, 4.69) is 10.1 Å². The van der Waals surface area contributed by atoms with Crippen molar-refractivity contribution < 1.29 is 14.9 Å². The van der Waals surface area contributed by atoms with Gasteiger partial charge in [0.2, 0.25) is 11.5 Å². The molecule has 0 aliphatic heterocycles. The van der Waals surface area contributed by atoms with E-state index in [0.29, 0.717) is 4.79 Å². The van der Waals surface area contributed by atoms with E-state index in [1.165, 1.54) is 13.8 Å². The van der Waals surface area contributed by atoms with Crippen molar-refractivity contribution in [3.05, 3.63) is 21.5 Å². The second kappa shape index (κ2) is 3.96. The van der Waals surface area contributed by atoms with E-state index in [1.54, 1.807) is 0 Å². The van der Waals surface area contributed by atoms with Gasteiger partial charge in [-0.25, -0.2) is 9.79 Å². The highest BCUT2D eigenvalue weighted by Crippen LogP contribution is 2.22. The lowest BCUT2D eigenvalue weighted by Gasteiger charge is -1.95. The van der Waals surface area contributed by atoms with Gasteiger partial charge in [0.1, 0.15) is 11.4 Å². The number of amidine groups is 1. The van der Waals surface area contributed by atoms with E-state index in [0.717, 1.165) is 0 Å². The summed E-state index contributed by atoms with van der Waals surface area (Å²) in [4.78, 5) is 25.1. The van der Waals surface area contributed by atoms with Gasteiger partial charge in [0, 0.05) is 16.8 Å². The standard InChI is InChI=1S/C7H9N5O4/c1-3-5(9-6(8)7(13)14)4(2)11(10-3)12(15)16/h1-2H3,(H2,8,9)(H,13,14). The minimum Gasteiger partial charge on any atom is -0.475 e. The number of hydrogen-bond acceptors (Lipinski definition) is 5. The number of nitrogens with zero attached hydrogens (tertiary/aromatic N) is 4. The molecule has 0 aliphatic rings. The van der Waals surface area contributed by atoms with E-state index in [4.69, 9.17) is 10.8 Å². The number of aryl methyl sites for hydroxylation is 1. The number of carboxylic acids is 1. The number of nitro groups is 1. The van der Waals surface area contributed by atoms with E-state index < -0.39 is 16.8 Å². The van der Waals surface area contributed by atoms with Crippen LogP contribution in [0.15, 0.2) is 4.99 Å². The molecule has 1 aromatic rings. The monoisotopic (exact) mass is 227 g/mol. The van der Waals surface area contributed by atoms with E-state index in [-0.39, 0.29) is 17.1 Å². The SMILES string of the molecule is Cc1nn([N+](=O)[O-])c(C)c1N=C(N)C(=O)O. The summed E-state index contributed by atoms with van der Waals surface area (Å²) in [6, 6.07) is 0.